The summed E-state index contributed by atoms with van der Waals surface area (Å²) in [5, 5.41) is 10.8. The molecule has 0 bridgehead atoms. The molecular weight excluding hydrogens is 334 g/mol. The van der Waals surface area contributed by atoms with E-state index in [0.29, 0.717) is 6.54 Å². The molecule has 0 saturated carbocycles. The molecule has 2 rings (SSSR count). The number of carbonyl (C=O) groups is 1. The molecule has 0 aliphatic carbocycles. The highest BCUT2D eigenvalue weighted by Gasteiger charge is 2.08. The molecule has 7 heteroatoms. The second-order valence-electron chi connectivity index (χ2n) is 4.68. The van der Waals surface area contributed by atoms with Crippen LogP contribution in [0.1, 0.15) is 18.5 Å². The molecule has 3 N–H and O–H groups in total. The molecule has 1 aromatic carbocycles. The summed E-state index contributed by atoms with van der Waals surface area (Å²) in [6, 6.07) is 7.47. The zero-order valence-corrected chi connectivity index (χ0v) is 13.2. The van der Waals surface area contributed by atoms with E-state index in [2.05, 4.69) is 31.6 Å². The van der Waals surface area contributed by atoms with Crippen LogP contribution in [0.4, 0.5) is 5.69 Å². The van der Waals surface area contributed by atoms with Crippen LogP contribution in [-0.4, -0.2) is 27.4 Å². The van der Waals surface area contributed by atoms with E-state index in [-0.39, 0.29) is 12.5 Å². The SMILES string of the molecule is NCCCCc1cn(CC(=O)Nc2ccccc2Br)nn1. The van der Waals surface area contributed by atoms with Crippen LogP contribution in [0.25, 0.3) is 0 Å². The summed E-state index contributed by atoms with van der Waals surface area (Å²) in [5.74, 6) is -0.139. The Labute approximate surface area is 131 Å². The number of aromatic nitrogens is 3. The molecule has 0 atom stereocenters. The van der Waals surface area contributed by atoms with Crippen molar-refractivity contribution in [2.75, 3.05) is 11.9 Å². The molecule has 0 aliphatic rings. The van der Waals surface area contributed by atoms with Gasteiger partial charge in [-0.1, -0.05) is 17.3 Å². The molecule has 0 unspecified atom stereocenters. The fourth-order valence-electron chi connectivity index (χ4n) is 1.88. The Bertz CT molecular complexity index is 599. The number of benzene rings is 1. The van der Waals surface area contributed by atoms with Crippen molar-refractivity contribution in [3.05, 3.63) is 40.6 Å². The highest BCUT2D eigenvalue weighted by molar-refractivity contribution is 9.10. The molecule has 2 aromatic rings. The Balaban J connectivity index is 1.87. The molecule has 0 fully saturated rings. The molecule has 1 amide bonds. The number of carbonyl (C=O) groups excluding carboxylic acids is 1. The van der Waals surface area contributed by atoms with Crippen molar-refractivity contribution in [1.29, 1.82) is 0 Å². The first-order valence-electron chi connectivity index (χ1n) is 6.82. The van der Waals surface area contributed by atoms with Gasteiger partial charge in [-0.15, -0.1) is 5.10 Å². The number of anilines is 1. The summed E-state index contributed by atoms with van der Waals surface area (Å²) in [6.07, 6.45) is 4.59. The monoisotopic (exact) mass is 351 g/mol. The lowest BCUT2D eigenvalue weighted by atomic mass is 10.2. The fraction of sp³-hybridized carbons (Fsp3) is 0.357. The predicted molar refractivity (Wildman–Crippen MR) is 84.8 cm³/mol. The fourth-order valence-corrected chi connectivity index (χ4v) is 2.26. The topological polar surface area (TPSA) is 85.8 Å². The van der Waals surface area contributed by atoms with Crippen molar-refractivity contribution < 1.29 is 4.79 Å². The van der Waals surface area contributed by atoms with E-state index in [0.717, 1.165) is 35.1 Å². The van der Waals surface area contributed by atoms with Gasteiger partial charge in [-0.3, -0.25) is 4.79 Å². The maximum atomic E-state index is 12.0. The zero-order chi connectivity index (χ0) is 15.1. The largest absolute Gasteiger partial charge is 0.330 e. The molecule has 6 nitrogen and oxygen atoms in total. The number of nitrogens with zero attached hydrogens (tertiary/aromatic N) is 3. The second-order valence-corrected chi connectivity index (χ2v) is 5.54. The number of para-hydroxylation sites is 1. The molecule has 0 spiro atoms. The molecule has 0 radical (unpaired) electrons. The summed E-state index contributed by atoms with van der Waals surface area (Å²) in [6.45, 7) is 0.827. The van der Waals surface area contributed by atoms with E-state index >= 15 is 0 Å². The van der Waals surface area contributed by atoms with Gasteiger partial charge in [0.2, 0.25) is 5.91 Å². The Morgan fingerprint density at radius 2 is 2.14 bits per heavy atom. The van der Waals surface area contributed by atoms with Gasteiger partial charge in [-0.2, -0.15) is 0 Å². The van der Waals surface area contributed by atoms with Crippen LogP contribution in [0.3, 0.4) is 0 Å². The Morgan fingerprint density at radius 1 is 1.33 bits per heavy atom. The zero-order valence-electron chi connectivity index (χ0n) is 11.6. The lowest BCUT2D eigenvalue weighted by molar-refractivity contribution is -0.116. The third-order valence-corrected chi connectivity index (χ3v) is 3.62. The average Bonchev–Trinajstić information content (AvgIpc) is 2.89. The van der Waals surface area contributed by atoms with E-state index in [4.69, 9.17) is 5.73 Å². The Hall–Kier alpha value is -1.73. The van der Waals surface area contributed by atoms with E-state index in [9.17, 15) is 4.79 Å². The highest BCUT2D eigenvalue weighted by Crippen LogP contribution is 2.20. The number of amides is 1. The van der Waals surface area contributed by atoms with Gasteiger partial charge in [0.05, 0.1) is 11.4 Å². The number of nitrogens with two attached hydrogens (primary N) is 1. The first kappa shape index (κ1) is 15.7. The van der Waals surface area contributed by atoms with E-state index in [1.54, 1.807) is 10.9 Å². The van der Waals surface area contributed by atoms with E-state index < -0.39 is 0 Å². The molecule has 0 aliphatic heterocycles. The normalized spacial score (nSPS) is 10.6. The smallest absolute Gasteiger partial charge is 0.246 e. The minimum atomic E-state index is -0.139. The van der Waals surface area contributed by atoms with Crippen molar-refractivity contribution in [1.82, 2.24) is 15.0 Å². The summed E-state index contributed by atoms with van der Waals surface area (Å²) < 4.78 is 2.39. The van der Waals surface area contributed by atoms with Crippen LogP contribution in [0.2, 0.25) is 0 Å². The van der Waals surface area contributed by atoms with Crippen LogP contribution in [0.5, 0.6) is 0 Å². The van der Waals surface area contributed by atoms with Crippen molar-refractivity contribution in [2.45, 2.75) is 25.8 Å². The maximum Gasteiger partial charge on any atom is 0.246 e. The van der Waals surface area contributed by atoms with E-state index in [1.165, 1.54) is 0 Å². The lowest BCUT2D eigenvalue weighted by Gasteiger charge is -2.06. The number of nitrogens with one attached hydrogen (secondary N) is 1. The summed E-state index contributed by atoms with van der Waals surface area (Å²) in [5.41, 5.74) is 7.08. The number of unbranched alkanes of at least 4 members (excludes halogenated alkanes) is 1. The minimum Gasteiger partial charge on any atom is -0.330 e. The van der Waals surface area contributed by atoms with Gasteiger partial charge in [0.1, 0.15) is 6.54 Å². The van der Waals surface area contributed by atoms with Crippen molar-refractivity contribution in [3.8, 4) is 0 Å². The average molecular weight is 352 g/mol. The van der Waals surface area contributed by atoms with Gasteiger partial charge in [-0.25, -0.2) is 4.68 Å². The standard InChI is InChI=1S/C14H18BrN5O/c15-12-6-1-2-7-13(12)17-14(21)10-20-9-11(18-19-20)5-3-4-8-16/h1-2,6-7,9H,3-5,8,10,16H2,(H,17,21). The molecule has 1 aromatic heterocycles. The minimum absolute atomic E-state index is 0.139. The number of aryl methyl sites for hydroxylation is 1. The molecule has 0 saturated heterocycles. The lowest BCUT2D eigenvalue weighted by Crippen LogP contribution is -2.19. The Kier molecular flexibility index (Phi) is 5.89. The number of hydrogen-bond donors (Lipinski definition) is 2. The van der Waals surface area contributed by atoms with Crippen molar-refractivity contribution in [3.63, 3.8) is 0 Å². The summed E-state index contributed by atoms with van der Waals surface area (Å²) >= 11 is 3.39. The van der Waals surface area contributed by atoms with Crippen LogP contribution >= 0.6 is 15.9 Å². The van der Waals surface area contributed by atoms with Crippen LogP contribution in [-0.2, 0) is 17.8 Å². The van der Waals surface area contributed by atoms with Gasteiger partial charge in [0.15, 0.2) is 0 Å². The number of halogens is 1. The van der Waals surface area contributed by atoms with Gasteiger partial charge in [-0.05, 0) is 53.9 Å². The van der Waals surface area contributed by atoms with Crippen LogP contribution in [0.15, 0.2) is 34.9 Å². The van der Waals surface area contributed by atoms with Crippen LogP contribution < -0.4 is 11.1 Å². The van der Waals surface area contributed by atoms with Crippen molar-refractivity contribution >= 4 is 27.5 Å². The molecular formula is C14H18BrN5O. The molecule has 112 valence electrons. The number of hydrogen-bond acceptors (Lipinski definition) is 4. The Morgan fingerprint density at radius 3 is 2.90 bits per heavy atom. The van der Waals surface area contributed by atoms with Gasteiger partial charge >= 0.3 is 0 Å². The quantitative estimate of drug-likeness (QED) is 0.746. The summed E-state index contributed by atoms with van der Waals surface area (Å²) in [4.78, 5) is 12.0. The second kappa shape index (κ2) is 7.90. The predicted octanol–water partition coefficient (Wildman–Crippen LogP) is 1.96. The number of rotatable bonds is 7. The van der Waals surface area contributed by atoms with Gasteiger partial charge < -0.3 is 11.1 Å². The third-order valence-electron chi connectivity index (χ3n) is 2.93. The molecule has 1 heterocycles. The van der Waals surface area contributed by atoms with Gasteiger partial charge in [0.25, 0.3) is 0 Å². The van der Waals surface area contributed by atoms with Crippen molar-refractivity contribution in [2.24, 2.45) is 5.73 Å². The first-order valence-corrected chi connectivity index (χ1v) is 7.62. The first-order chi connectivity index (χ1) is 10.2. The van der Waals surface area contributed by atoms with Crippen LogP contribution in [0, 0.1) is 0 Å². The molecule has 21 heavy (non-hydrogen) atoms. The summed E-state index contributed by atoms with van der Waals surface area (Å²) in [7, 11) is 0. The third kappa shape index (κ3) is 4.95. The maximum absolute atomic E-state index is 12.0. The highest BCUT2D eigenvalue weighted by atomic mass is 79.9. The van der Waals surface area contributed by atoms with Gasteiger partial charge in [0, 0.05) is 10.7 Å². The van der Waals surface area contributed by atoms with E-state index in [1.807, 2.05) is 24.3 Å².